The van der Waals surface area contributed by atoms with Crippen LogP contribution in [0.15, 0.2) is 88.6 Å². The molecule has 2 N–H and O–H groups in total. The van der Waals surface area contributed by atoms with E-state index in [0.717, 1.165) is 21.3 Å². The molecule has 0 atom stereocenters. The highest BCUT2D eigenvalue weighted by Gasteiger charge is 2.15. The van der Waals surface area contributed by atoms with E-state index in [0.29, 0.717) is 22.0 Å². The van der Waals surface area contributed by atoms with Gasteiger partial charge >= 0.3 is 11.8 Å². The van der Waals surface area contributed by atoms with Crippen LogP contribution in [0.2, 0.25) is 5.02 Å². The summed E-state index contributed by atoms with van der Waals surface area (Å²) in [4.78, 5) is 24.4. The molecule has 0 aliphatic heterocycles. The van der Waals surface area contributed by atoms with Gasteiger partial charge in [0.2, 0.25) is 0 Å². The van der Waals surface area contributed by atoms with Gasteiger partial charge in [0.15, 0.2) is 0 Å². The summed E-state index contributed by atoms with van der Waals surface area (Å²) in [5.74, 6) is -1.77. The van der Waals surface area contributed by atoms with Crippen molar-refractivity contribution in [2.45, 2.75) is 6.92 Å². The third kappa shape index (κ3) is 5.59. The number of halogens is 2. The Kier molecular flexibility index (Phi) is 7.20. The Hall–Kier alpha value is -3.75. The van der Waals surface area contributed by atoms with Crippen LogP contribution in [-0.4, -0.2) is 27.8 Å². The lowest BCUT2D eigenvalue weighted by Gasteiger charge is -2.05. The topological polar surface area (TPSA) is 88.4 Å². The van der Waals surface area contributed by atoms with E-state index in [1.165, 1.54) is 6.21 Å². The van der Waals surface area contributed by atoms with E-state index in [4.69, 9.17) is 16.7 Å². The Bertz CT molecular complexity index is 1370. The van der Waals surface area contributed by atoms with Crippen molar-refractivity contribution >= 4 is 51.2 Å². The smallest absolute Gasteiger partial charge is 0.318 e. The Balaban J connectivity index is 1.52. The van der Waals surface area contributed by atoms with Gasteiger partial charge in [0.05, 0.1) is 11.9 Å². The second kappa shape index (κ2) is 10.5. The first-order valence-corrected chi connectivity index (χ1v) is 11.4. The molecule has 2 amide bonds. The molecular weight excluding hydrogens is 518 g/mol. The number of amides is 2. The Morgan fingerprint density at radius 3 is 2.47 bits per heavy atom. The van der Waals surface area contributed by atoms with Crippen LogP contribution in [0.4, 0.5) is 5.69 Å². The number of hydrogen-bond acceptors (Lipinski definition) is 4. The van der Waals surface area contributed by atoms with Crippen molar-refractivity contribution in [3.63, 3.8) is 0 Å². The number of nitrogens with one attached hydrogen (secondary N) is 2. The summed E-state index contributed by atoms with van der Waals surface area (Å²) in [6.07, 6.45) is 3.26. The number of benzene rings is 3. The summed E-state index contributed by atoms with van der Waals surface area (Å²) < 4.78 is 2.68. The van der Waals surface area contributed by atoms with Gasteiger partial charge in [0.1, 0.15) is 5.69 Å². The van der Waals surface area contributed by atoms with Crippen molar-refractivity contribution in [1.82, 2.24) is 15.2 Å². The first-order valence-electron chi connectivity index (χ1n) is 10.2. The minimum atomic E-state index is -0.909. The summed E-state index contributed by atoms with van der Waals surface area (Å²) in [5, 5.41) is 11.7. The molecule has 1 heterocycles. The lowest BCUT2D eigenvalue weighted by atomic mass is 10.1. The van der Waals surface area contributed by atoms with Gasteiger partial charge in [-0.3, -0.25) is 9.59 Å². The van der Waals surface area contributed by atoms with Crippen LogP contribution in [0.25, 0.3) is 16.9 Å². The predicted octanol–water partition coefficient (Wildman–Crippen LogP) is 5.35. The molecule has 170 valence electrons. The van der Waals surface area contributed by atoms with E-state index in [1.807, 2.05) is 61.5 Å². The van der Waals surface area contributed by atoms with Gasteiger partial charge in [0.25, 0.3) is 0 Å². The van der Waals surface area contributed by atoms with Crippen LogP contribution >= 0.6 is 27.5 Å². The number of carbonyl (C=O) groups is 2. The molecule has 0 unspecified atom stereocenters. The number of rotatable bonds is 5. The molecular formula is C25H19BrClN5O2. The van der Waals surface area contributed by atoms with Crippen LogP contribution in [0, 0.1) is 6.92 Å². The van der Waals surface area contributed by atoms with Crippen LogP contribution in [0.1, 0.15) is 11.1 Å². The maximum Gasteiger partial charge on any atom is 0.329 e. The summed E-state index contributed by atoms with van der Waals surface area (Å²) in [6, 6.07) is 22.3. The van der Waals surface area contributed by atoms with Crippen molar-refractivity contribution < 1.29 is 9.59 Å². The molecule has 4 rings (SSSR count). The molecule has 7 nitrogen and oxygen atoms in total. The zero-order valence-electron chi connectivity index (χ0n) is 18.0. The van der Waals surface area contributed by atoms with Crippen molar-refractivity contribution in [1.29, 1.82) is 0 Å². The third-order valence-electron chi connectivity index (χ3n) is 4.89. The van der Waals surface area contributed by atoms with Crippen LogP contribution in [-0.2, 0) is 9.59 Å². The fraction of sp³-hybridized carbons (Fsp3) is 0.0400. The molecule has 4 aromatic rings. The summed E-state index contributed by atoms with van der Waals surface area (Å²) in [6.45, 7) is 1.85. The van der Waals surface area contributed by atoms with Gasteiger partial charge in [-0.1, -0.05) is 63.9 Å². The zero-order valence-corrected chi connectivity index (χ0v) is 20.3. The van der Waals surface area contributed by atoms with Crippen molar-refractivity contribution in [3.8, 4) is 16.9 Å². The molecule has 9 heteroatoms. The number of aromatic nitrogens is 2. The highest BCUT2D eigenvalue weighted by atomic mass is 79.9. The van der Waals surface area contributed by atoms with Gasteiger partial charge in [-0.15, -0.1) is 0 Å². The minimum Gasteiger partial charge on any atom is -0.318 e. The molecule has 0 radical (unpaired) electrons. The number of hydrogen-bond donors (Lipinski definition) is 2. The van der Waals surface area contributed by atoms with Gasteiger partial charge < -0.3 is 5.32 Å². The molecule has 0 aliphatic carbocycles. The van der Waals surface area contributed by atoms with E-state index in [9.17, 15) is 9.59 Å². The van der Waals surface area contributed by atoms with Crippen molar-refractivity contribution in [2.24, 2.45) is 5.10 Å². The lowest BCUT2D eigenvalue weighted by molar-refractivity contribution is -0.136. The summed E-state index contributed by atoms with van der Waals surface area (Å²) in [5.41, 5.74) is 6.63. The monoisotopic (exact) mass is 535 g/mol. The number of nitrogens with zero attached hydrogens (tertiary/aromatic N) is 3. The fourth-order valence-corrected chi connectivity index (χ4v) is 3.54. The number of aryl methyl sites for hydroxylation is 1. The molecule has 0 saturated heterocycles. The molecule has 0 spiro atoms. The number of hydrazone groups is 1. The first-order chi connectivity index (χ1) is 16.4. The molecule has 0 aliphatic rings. The molecule has 1 aromatic heterocycles. The second-order valence-corrected chi connectivity index (χ2v) is 8.66. The number of para-hydroxylation sites is 1. The van der Waals surface area contributed by atoms with Crippen LogP contribution < -0.4 is 10.7 Å². The quantitative estimate of drug-likeness (QED) is 0.205. The zero-order chi connectivity index (χ0) is 24.1. The second-order valence-electron chi connectivity index (χ2n) is 7.34. The lowest BCUT2D eigenvalue weighted by Crippen LogP contribution is -2.32. The van der Waals surface area contributed by atoms with E-state index in [2.05, 4.69) is 31.8 Å². The number of carbonyl (C=O) groups excluding carboxylic acids is 2. The van der Waals surface area contributed by atoms with Crippen LogP contribution in [0.3, 0.4) is 0 Å². The predicted molar refractivity (Wildman–Crippen MR) is 137 cm³/mol. The van der Waals surface area contributed by atoms with Crippen molar-refractivity contribution in [2.75, 3.05) is 5.32 Å². The first kappa shape index (κ1) is 23.4. The standard InChI is InChI=1S/C25H19BrClN5O2/c1-16-7-12-20(13-22(16)27)29-24(33)25(34)30-28-14-18-15-32(21-5-3-2-4-6-21)31-23(18)17-8-10-19(26)11-9-17/h2-15H,1H3,(H,29,33)(H,30,34). The van der Waals surface area contributed by atoms with E-state index < -0.39 is 11.8 Å². The van der Waals surface area contributed by atoms with Gasteiger partial charge in [-0.25, -0.2) is 10.1 Å². The highest BCUT2D eigenvalue weighted by Crippen LogP contribution is 2.24. The molecule has 0 bridgehead atoms. The van der Waals surface area contributed by atoms with E-state index >= 15 is 0 Å². The Labute approximate surface area is 209 Å². The molecule has 34 heavy (non-hydrogen) atoms. The Morgan fingerprint density at radius 1 is 1.03 bits per heavy atom. The van der Waals surface area contributed by atoms with Crippen molar-refractivity contribution in [3.05, 3.63) is 99.6 Å². The number of anilines is 1. The van der Waals surface area contributed by atoms with E-state index in [-0.39, 0.29) is 0 Å². The van der Waals surface area contributed by atoms with Gasteiger partial charge in [0, 0.05) is 32.5 Å². The average Bonchev–Trinajstić information content (AvgIpc) is 3.26. The van der Waals surface area contributed by atoms with Crippen LogP contribution in [0.5, 0.6) is 0 Å². The molecule has 3 aromatic carbocycles. The summed E-state index contributed by atoms with van der Waals surface area (Å²) in [7, 11) is 0. The SMILES string of the molecule is Cc1ccc(NC(=O)C(=O)NN=Cc2cn(-c3ccccc3)nc2-c2ccc(Br)cc2)cc1Cl. The fourth-order valence-electron chi connectivity index (χ4n) is 3.10. The molecule has 0 saturated carbocycles. The largest absolute Gasteiger partial charge is 0.329 e. The van der Waals surface area contributed by atoms with Gasteiger partial charge in [-0.05, 0) is 48.9 Å². The Morgan fingerprint density at radius 2 is 1.76 bits per heavy atom. The maximum atomic E-state index is 12.2. The summed E-state index contributed by atoms with van der Waals surface area (Å²) >= 11 is 9.50. The maximum absolute atomic E-state index is 12.2. The highest BCUT2D eigenvalue weighted by molar-refractivity contribution is 9.10. The average molecular weight is 537 g/mol. The normalized spacial score (nSPS) is 10.9. The van der Waals surface area contributed by atoms with E-state index in [1.54, 1.807) is 29.1 Å². The molecule has 0 fully saturated rings. The minimum absolute atomic E-state index is 0.418. The third-order valence-corrected chi connectivity index (χ3v) is 5.82. The van der Waals surface area contributed by atoms with Gasteiger partial charge in [-0.2, -0.15) is 10.2 Å².